The molecule has 0 aliphatic carbocycles. The van der Waals surface area contributed by atoms with Crippen molar-refractivity contribution in [2.45, 2.75) is 53.1 Å². The first-order chi connectivity index (χ1) is 13.4. The van der Waals surface area contributed by atoms with Gasteiger partial charge in [-0.05, 0) is 49.1 Å². The number of rotatable bonds is 7. The molecule has 0 unspecified atom stereocenters. The van der Waals surface area contributed by atoms with E-state index >= 15 is 0 Å². The van der Waals surface area contributed by atoms with Crippen LogP contribution in [0.1, 0.15) is 55.0 Å². The highest BCUT2D eigenvalue weighted by molar-refractivity contribution is 6.07. The fraction of sp³-hybridized carbons (Fsp3) is 0.391. The lowest BCUT2D eigenvalue weighted by Gasteiger charge is -2.20. The molecule has 0 saturated carbocycles. The van der Waals surface area contributed by atoms with Gasteiger partial charge in [-0.25, -0.2) is 0 Å². The van der Waals surface area contributed by atoms with E-state index in [1.807, 2.05) is 50.2 Å². The molecular weight excluding hydrogens is 352 g/mol. The van der Waals surface area contributed by atoms with Crippen LogP contribution in [0.25, 0.3) is 0 Å². The van der Waals surface area contributed by atoms with Crippen LogP contribution in [0.5, 0.6) is 5.75 Å². The number of ether oxygens (including phenoxy) is 1. The van der Waals surface area contributed by atoms with E-state index in [2.05, 4.69) is 12.2 Å². The molecule has 0 saturated heterocycles. The molecule has 2 amide bonds. The molecule has 28 heavy (non-hydrogen) atoms. The highest BCUT2D eigenvalue weighted by atomic mass is 16.5. The second-order valence-corrected chi connectivity index (χ2v) is 7.37. The number of carbonyl (C=O) groups is 2. The Morgan fingerprint density at radius 1 is 1.11 bits per heavy atom. The Morgan fingerprint density at radius 2 is 1.79 bits per heavy atom. The number of hydrogen-bond acceptors (Lipinski definition) is 3. The van der Waals surface area contributed by atoms with Crippen molar-refractivity contribution in [1.82, 2.24) is 5.32 Å². The van der Waals surface area contributed by atoms with Crippen LogP contribution >= 0.6 is 0 Å². The molecule has 2 aromatic rings. The Kier molecular flexibility index (Phi) is 6.02. The first kappa shape index (κ1) is 19.9. The summed E-state index contributed by atoms with van der Waals surface area (Å²) in [7, 11) is 0. The predicted octanol–water partition coefficient (Wildman–Crippen LogP) is 4.21. The van der Waals surface area contributed by atoms with Crippen LogP contribution in [-0.2, 0) is 16.1 Å². The minimum Gasteiger partial charge on any atom is -0.494 e. The number of amides is 2. The third kappa shape index (κ3) is 4.03. The smallest absolute Gasteiger partial charge is 0.254 e. The summed E-state index contributed by atoms with van der Waals surface area (Å²) in [5.41, 5.74) is 4.87. The molecule has 5 nitrogen and oxygen atoms in total. The third-order valence-electron chi connectivity index (χ3n) is 5.09. The van der Waals surface area contributed by atoms with Crippen molar-refractivity contribution in [1.29, 1.82) is 0 Å². The molecule has 2 aromatic carbocycles. The van der Waals surface area contributed by atoms with Crippen molar-refractivity contribution < 1.29 is 14.3 Å². The van der Waals surface area contributed by atoms with Gasteiger partial charge >= 0.3 is 0 Å². The van der Waals surface area contributed by atoms with Crippen LogP contribution in [-0.4, -0.2) is 18.4 Å². The number of benzene rings is 2. The minimum atomic E-state index is -0.621. The van der Waals surface area contributed by atoms with Gasteiger partial charge in [-0.2, -0.15) is 0 Å². The first-order valence-electron chi connectivity index (χ1n) is 9.82. The van der Waals surface area contributed by atoms with Crippen LogP contribution in [0.2, 0.25) is 0 Å². The molecule has 0 spiro atoms. The number of unbranched alkanes of at least 4 members (excludes halogenated alkanes) is 1. The van der Waals surface area contributed by atoms with E-state index in [-0.39, 0.29) is 11.8 Å². The van der Waals surface area contributed by atoms with Crippen molar-refractivity contribution in [2.75, 3.05) is 11.5 Å². The molecule has 1 aliphatic rings. The van der Waals surface area contributed by atoms with Gasteiger partial charge in [0.15, 0.2) is 0 Å². The Balaban J connectivity index is 1.85. The van der Waals surface area contributed by atoms with E-state index in [1.165, 1.54) is 6.92 Å². The molecular formula is C23H28N2O3. The topological polar surface area (TPSA) is 58.6 Å². The lowest BCUT2D eigenvalue weighted by atomic mass is 9.99. The van der Waals surface area contributed by atoms with E-state index in [0.717, 1.165) is 46.5 Å². The quantitative estimate of drug-likeness (QED) is 0.732. The number of aryl methyl sites for hydroxylation is 2. The number of hydrogen-bond donors (Lipinski definition) is 1. The average Bonchev–Trinajstić information content (AvgIpc) is 2.93. The van der Waals surface area contributed by atoms with Gasteiger partial charge in [0.25, 0.3) is 5.91 Å². The van der Waals surface area contributed by atoms with E-state index in [0.29, 0.717) is 13.2 Å². The van der Waals surface area contributed by atoms with Gasteiger partial charge in [0, 0.05) is 12.5 Å². The number of carbonyl (C=O) groups excluding carboxylic acids is 2. The zero-order valence-electron chi connectivity index (χ0n) is 17.0. The largest absolute Gasteiger partial charge is 0.494 e. The summed E-state index contributed by atoms with van der Waals surface area (Å²) in [5.74, 6) is 0.542. The summed E-state index contributed by atoms with van der Waals surface area (Å²) < 4.78 is 5.72. The second-order valence-electron chi connectivity index (χ2n) is 7.37. The molecule has 5 heteroatoms. The zero-order chi connectivity index (χ0) is 20.3. The van der Waals surface area contributed by atoms with E-state index in [4.69, 9.17) is 4.74 Å². The lowest BCUT2D eigenvalue weighted by molar-refractivity contribution is -0.126. The van der Waals surface area contributed by atoms with Crippen LogP contribution in [0.3, 0.4) is 0 Å². The van der Waals surface area contributed by atoms with Crippen LogP contribution < -0.4 is 15.0 Å². The number of nitrogens with zero attached hydrogens (tertiary/aromatic N) is 1. The van der Waals surface area contributed by atoms with Crippen molar-refractivity contribution in [3.63, 3.8) is 0 Å². The molecule has 1 aliphatic heterocycles. The summed E-state index contributed by atoms with van der Waals surface area (Å²) in [6.45, 7) is 8.73. The Hall–Kier alpha value is -2.82. The van der Waals surface area contributed by atoms with Gasteiger partial charge in [-0.3, -0.25) is 9.59 Å². The fourth-order valence-corrected chi connectivity index (χ4v) is 3.63. The predicted molar refractivity (Wildman–Crippen MR) is 111 cm³/mol. The van der Waals surface area contributed by atoms with Gasteiger partial charge < -0.3 is 15.0 Å². The highest BCUT2D eigenvalue weighted by Crippen LogP contribution is 2.41. The molecule has 0 radical (unpaired) electrons. The van der Waals surface area contributed by atoms with E-state index in [1.54, 1.807) is 4.90 Å². The maximum atomic E-state index is 13.1. The molecule has 1 heterocycles. The fourth-order valence-electron chi connectivity index (χ4n) is 3.63. The Labute approximate surface area is 166 Å². The summed E-state index contributed by atoms with van der Waals surface area (Å²) >= 11 is 0. The van der Waals surface area contributed by atoms with Crippen LogP contribution in [0.4, 0.5) is 5.69 Å². The minimum absolute atomic E-state index is 0.0918. The van der Waals surface area contributed by atoms with Crippen molar-refractivity contribution >= 4 is 17.5 Å². The molecule has 0 fully saturated rings. The molecule has 0 aromatic heterocycles. The highest BCUT2D eigenvalue weighted by Gasteiger charge is 2.39. The number of nitrogens with one attached hydrogen (secondary N) is 1. The maximum absolute atomic E-state index is 13.1. The number of anilines is 1. The monoisotopic (exact) mass is 380 g/mol. The maximum Gasteiger partial charge on any atom is 0.254 e. The second kappa shape index (κ2) is 8.46. The summed E-state index contributed by atoms with van der Waals surface area (Å²) in [5, 5.41) is 2.82. The summed E-state index contributed by atoms with van der Waals surface area (Å²) in [4.78, 5) is 26.6. The first-order valence-corrected chi connectivity index (χ1v) is 9.82. The number of fused-ring (bicyclic) bond motifs is 1. The SMILES string of the molecule is CCCCOc1ccc(CN2C(=O)[C@H](NC(C)=O)c3c(C)ccc(C)c32)cc1. The van der Waals surface area contributed by atoms with Crippen LogP contribution in [0.15, 0.2) is 36.4 Å². The van der Waals surface area contributed by atoms with Crippen molar-refractivity contribution in [2.24, 2.45) is 0 Å². The standard InChI is InChI=1S/C23H28N2O3/c1-5-6-13-28-19-11-9-18(10-12-19)14-25-22-16(3)8-7-15(2)20(22)21(23(25)27)24-17(4)26/h7-12,21H,5-6,13-14H2,1-4H3,(H,24,26)/t21-/m1/s1. The van der Waals surface area contributed by atoms with Crippen molar-refractivity contribution in [3.8, 4) is 5.75 Å². The average molecular weight is 380 g/mol. The van der Waals surface area contributed by atoms with Gasteiger partial charge in [0.2, 0.25) is 5.91 Å². The van der Waals surface area contributed by atoms with Gasteiger partial charge in [-0.1, -0.05) is 37.6 Å². The lowest BCUT2D eigenvalue weighted by Crippen LogP contribution is -2.36. The van der Waals surface area contributed by atoms with E-state index in [9.17, 15) is 9.59 Å². The van der Waals surface area contributed by atoms with Gasteiger partial charge in [0.05, 0.1) is 18.8 Å². The summed E-state index contributed by atoms with van der Waals surface area (Å²) in [6.07, 6.45) is 2.13. The molecule has 148 valence electrons. The molecule has 1 N–H and O–H groups in total. The van der Waals surface area contributed by atoms with Crippen LogP contribution in [0, 0.1) is 13.8 Å². The normalized spacial score (nSPS) is 15.5. The third-order valence-corrected chi connectivity index (χ3v) is 5.09. The summed E-state index contributed by atoms with van der Waals surface area (Å²) in [6, 6.07) is 11.3. The Bertz CT molecular complexity index is 874. The van der Waals surface area contributed by atoms with Gasteiger partial charge in [0.1, 0.15) is 11.8 Å². The molecule has 3 rings (SSSR count). The molecule has 0 bridgehead atoms. The Morgan fingerprint density at radius 3 is 2.43 bits per heavy atom. The molecule has 1 atom stereocenters. The van der Waals surface area contributed by atoms with Crippen molar-refractivity contribution in [3.05, 3.63) is 58.7 Å². The zero-order valence-corrected chi connectivity index (χ0v) is 17.0. The van der Waals surface area contributed by atoms with E-state index < -0.39 is 6.04 Å². The van der Waals surface area contributed by atoms with Gasteiger partial charge in [-0.15, -0.1) is 0 Å².